The Balaban J connectivity index is 2.16. The molecule has 1 N–H and O–H groups in total. The Hall–Kier alpha value is -1.68. The number of nitrogens with zero attached hydrogens (tertiary/aromatic N) is 2. The normalized spacial score (nSPS) is 11.3. The molecule has 2 heterocycles. The van der Waals surface area contributed by atoms with E-state index in [9.17, 15) is 0 Å². The molecule has 0 amide bonds. The first-order valence-electron chi connectivity index (χ1n) is 6.10. The fourth-order valence-corrected chi connectivity index (χ4v) is 3.00. The van der Waals surface area contributed by atoms with Crippen LogP contribution in [0.4, 0.5) is 0 Å². The molecule has 0 radical (unpaired) electrons. The van der Waals surface area contributed by atoms with Crippen LogP contribution < -0.4 is 0 Å². The maximum atomic E-state index is 4.65. The van der Waals surface area contributed by atoms with Gasteiger partial charge in [0.2, 0.25) is 0 Å². The number of aromatic amines is 1. The summed E-state index contributed by atoms with van der Waals surface area (Å²) in [5.74, 6) is 0.932. The zero-order valence-electron chi connectivity index (χ0n) is 10.7. The number of thiazole rings is 1. The quantitative estimate of drug-likeness (QED) is 0.757. The first kappa shape index (κ1) is 11.4. The van der Waals surface area contributed by atoms with Crippen molar-refractivity contribution in [2.75, 3.05) is 0 Å². The van der Waals surface area contributed by atoms with Gasteiger partial charge >= 0.3 is 0 Å². The van der Waals surface area contributed by atoms with Crippen LogP contribution >= 0.6 is 11.3 Å². The largest absolute Gasteiger partial charge is 0.337 e. The molecule has 3 nitrogen and oxygen atoms in total. The van der Waals surface area contributed by atoms with Crippen LogP contribution in [0.15, 0.2) is 18.2 Å². The number of hydrogen-bond donors (Lipinski definition) is 1. The van der Waals surface area contributed by atoms with Crippen molar-refractivity contribution in [3.05, 3.63) is 34.5 Å². The maximum absolute atomic E-state index is 4.65. The Morgan fingerprint density at radius 2 is 2.06 bits per heavy atom. The Morgan fingerprint density at radius 3 is 2.72 bits per heavy atom. The predicted molar refractivity (Wildman–Crippen MR) is 76.1 cm³/mol. The molecule has 3 aromatic rings. The number of aromatic nitrogens is 3. The number of rotatable bonds is 2. The average molecular weight is 257 g/mol. The third kappa shape index (κ3) is 1.82. The molecule has 0 aliphatic rings. The summed E-state index contributed by atoms with van der Waals surface area (Å²) in [5.41, 5.74) is 4.50. The van der Waals surface area contributed by atoms with Gasteiger partial charge in [-0.2, -0.15) is 0 Å². The smallest absolute Gasteiger partial charge is 0.150 e. The molecule has 0 saturated carbocycles. The molecule has 1 aromatic carbocycles. The predicted octanol–water partition coefficient (Wildman–Crippen LogP) is 3.87. The lowest BCUT2D eigenvalue weighted by Gasteiger charge is -1.94. The van der Waals surface area contributed by atoms with E-state index in [0.29, 0.717) is 0 Å². The second kappa shape index (κ2) is 4.21. The Bertz CT molecular complexity index is 709. The van der Waals surface area contributed by atoms with Crippen molar-refractivity contribution in [2.45, 2.75) is 27.2 Å². The first-order chi connectivity index (χ1) is 8.67. The van der Waals surface area contributed by atoms with E-state index >= 15 is 0 Å². The van der Waals surface area contributed by atoms with Crippen LogP contribution in [0.2, 0.25) is 0 Å². The number of fused-ring (bicyclic) bond motifs is 1. The summed E-state index contributed by atoms with van der Waals surface area (Å²) in [6, 6.07) is 6.39. The number of H-pyrrole nitrogens is 1. The number of imidazole rings is 1. The molecular weight excluding hydrogens is 242 g/mol. The topological polar surface area (TPSA) is 41.6 Å². The van der Waals surface area contributed by atoms with E-state index in [-0.39, 0.29) is 0 Å². The van der Waals surface area contributed by atoms with E-state index in [0.717, 1.165) is 38.9 Å². The Labute approximate surface area is 110 Å². The highest BCUT2D eigenvalue weighted by Gasteiger charge is 2.11. The van der Waals surface area contributed by atoms with Crippen LogP contribution in [0, 0.1) is 13.8 Å². The SMILES string of the molecule is CCc1ccc2nc(-c3sc(C)nc3C)[nH]c2c1. The number of benzene rings is 1. The highest BCUT2D eigenvalue weighted by Crippen LogP contribution is 2.29. The molecule has 0 unspecified atom stereocenters. The summed E-state index contributed by atoms with van der Waals surface area (Å²) in [7, 11) is 0. The lowest BCUT2D eigenvalue weighted by atomic mass is 10.1. The molecule has 0 aliphatic heterocycles. The minimum Gasteiger partial charge on any atom is -0.337 e. The van der Waals surface area contributed by atoms with Gasteiger partial charge in [-0.1, -0.05) is 13.0 Å². The van der Waals surface area contributed by atoms with Crippen LogP contribution in [-0.4, -0.2) is 15.0 Å². The molecule has 0 bridgehead atoms. The van der Waals surface area contributed by atoms with Gasteiger partial charge in [0.25, 0.3) is 0 Å². The van der Waals surface area contributed by atoms with Crippen LogP contribution in [0.3, 0.4) is 0 Å². The van der Waals surface area contributed by atoms with Gasteiger partial charge in [0.15, 0.2) is 5.82 Å². The van der Waals surface area contributed by atoms with E-state index < -0.39 is 0 Å². The van der Waals surface area contributed by atoms with Crippen LogP contribution in [0.1, 0.15) is 23.2 Å². The molecule has 0 fully saturated rings. The zero-order valence-corrected chi connectivity index (χ0v) is 11.6. The molecule has 4 heteroatoms. The lowest BCUT2D eigenvalue weighted by molar-refractivity contribution is 1.14. The molecule has 0 saturated heterocycles. The van der Waals surface area contributed by atoms with E-state index in [4.69, 9.17) is 0 Å². The molecule has 92 valence electrons. The van der Waals surface area contributed by atoms with Gasteiger partial charge in [0.05, 0.1) is 26.6 Å². The van der Waals surface area contributed by atoms with Gasteiger partial charge in [0.1, 0.15) is 0 Å². The van der Waals surface area contributed by atoms with Gasteiger partial charge in [-0.15, -0.1) is 11.3 Å². The van der Waals surface area contributed by atoms with Crippen molar-refractivity contribution < 1.29 is 0 Å². The summed E-state index contributed by atoms with van der Waals surface area (Å²) in [4.78, 5) is 13.6. The van der Waals surface area contributed by atoms with Gasteiger partial charge in [-0.3, -0.25) is 0 Å². The van der Waals surface area contributed by atoms with Crippen LogP contribution in [0.25, 0.3) is 21.7 Å². The summed E-state index contributed by atoms with van der Waals surface area (Å²) in [6.45, 7) is 6.22. The summed E-state index contributed by atoms with van der Waals surface area (Å²) >= 11 is 1.69. The second-order valence-corrected chi connectivity index (χ2v) is 5.64. The lowest BCUT2D eigenvalue weighted by Crippen LogP contribution is -1.79. The third-order valence-corrected chi connectivity index (χ3v) is 4.15. The Kier molecular flexibility index (Phi) is 2.67. The fraction of sp³-hybridized carbons (Fsp3) is 0.286. The number of aryl methyl sites for hydroxylation is 3. The molecular formula is C14H15N3S. The minimum absolute atomic E-state index is 0.932. The summed E-state index contributed by atoms with van der Waals surface area (Å²) in [5, 5.41) is 1.08. The third-order valence-electron chi connectivity index (χ3n) is 3.07. The highest BCUT2D eigenvalue weighted by molar-refractivity contribution is 7.15. The van der Waals surface area contributed by atoms with E-state index in [1.54, 1.807) is 11.3 Å². The van der Waals surface area contributed by atoms with Gasteiger partial charge in [0, 0.05) is 0 Å². The van der Waals surface area contributed by atoms with Crippen molar-refractivity contribution in [3.63, 3.8) is 0 Å². The average Bonchev–Trinajstić information content (AvgIpc) is 2.90. The molecule has 0 atom stereocenters. The molecule has 18 heavy (non-hydrogen) atoms. The monoisotopic (exact) mass is 257 g/mol. The van der Waals surface area contributed by atoms with Crippen molar-refractivity contribution in [1.82, 2.24) is 15.0 Å². The van der Waals surface area contributed by atoms with E-state index in [1.807, 2.05) is 13.8 Å². The molecule has 2 aromatic heterocycles. The zero-order chi connectivity index (χ0) is 12.7. The van der Waals surface area contributed by atoms with Gasteiger partial charge in [-0.25, -0.2) is 9.97 Å². The van der Waals surface area contributed by atoms with Crippen molar-refractivity contribution in [2.24, 2.45) is 0 Å². The summed E-state index contributed by atoms with van der Waals surface area (Å²) in [6.07, 6.45) is 1.04. The van der Waals surface area contributed by atoms with Crippen LogP contribution in [-0.2, 0) is 6.42 Å². The number of nitrogens with one attached hydrogen (secondary N) is 1. The minimum atomic E-state index is 0.932. The maximum Gasteiger partial charge on any atom is 0.150 e. The number of hydrogen-bond acceptors (Lipinski definition) is 3. The van der Waals surface area contributed by atoms with Crippen molar-refractivity contribution in [3.8, 4) is 10.7 Å². The first-order valence-corrected chi connectivity index (χ1v) is 6.92. The molecule has 3 rings (SSSR count). The van der Waals surface area contributed by atoms with Crippen molar-refractivity contribution >= 4 is 22.4 Å². The van der Waals surface area contributed by atoms with Gasteiger partial charge < -0.3 is 4.98 Å². The second-order valence-electron chi connectivity index (χ2n) is 4.44. The van der Waals surface area contributed by atoms with Gasteiger partial charge in [-0.05, 0) is 38.0 Å². The summed E-state index contributed by atoms with van der Waals surface area (Å²) < 4.78 is 0. The fourth-order valence-electron chi connectivity index (χ4n) is 2.14. The standard InChI is InChI=1S/C14H15N3S/c1-4-10-5-6-11-12(7-10)17-14(16-11)13-8(2)15-9(3)18-13/h5-7H,4H2,1-3H3,(H,16,17). The Morgan fingerprint density at radius 1 is 1.22 bits per heavy atom. The van der Waals surface area contributed by atoms with E-state index in [2.05, 4.69) is 40.1 Å². The van der Waals surface area contributed by atoms with Crippen molar-refractivity contribution in [1.29, 1.82) is 0 Å². The molecule has 0 spiro atoms. The van der Waals surface area contributed by atoms with E-state index in [1.165, 1.54) is 5.56 Å². The molecule has 0 aliphatic carbocycles. The highest BCUT2D eigenvalue weighted by atomic mass is 32.1. The van der Waals surface area contributed by atoms with Crippen LogP contribution in [0.5, 0.6) is 0 Å².